The monoisotopic (exact) mass is 341 g/mol. The molecule has 0 saturated heterocycles. The van der Waals surface area contributed by atoms with Crippen LogP contribution in [0.3, 0.4) is 0 Å². The maximum atomic E-state index is 11.2. The van der Waals surface area contributed by atoms with Crippen LogP contribution in [0.4, 0.5) is 0 Å². The average molecular weight is 342 g/mol. The van der Waals surface area contributed by atoms with Gasteiger partial charge in [-0.2, -0.15) is 4.98 Å². The molecule has 0 bridgehead atoms. The van der Waals surface area contributed by atoms with Crippen molar-refractivity contribution in [2.24, 2.45) is 0 Å². The molecule has 2 heterocycles. The van der Waals surface area contributed by atoms with Gasteiger partial charge in [-0.25, -0.2) is 8.42 Å². The number of rotatable bonds is 4. The Morgan fingerprint density at radius 2 is 2.23 bits per heavy atom. The second-order valence-corrected chi connectivity index (χ2v) is 8.06. The van der Waals surface area contributed by atoms with Crippen molar-refractivity contribution in [1.82, 2.24) is 15.0 Å². The van der Waals surface area contributed by atoms with Crippen molar-refractivity contribution in [1.29, 1.82) is 0 Å². The van der Waals surface area contributed by atoms with E-state index < -0.39 is 9.84 Å². The van der Waals surface area contributed by atoms with E-state index in [0.717, 1.165) is 30.8 Å². The molecule has 0 amide bonds. The van der Waals surface area contributed by atoms with Crippen LogP contribution in [0.2, 0.25) is 5.02 Å². The molecule has 1 aromatic carbocycles. The van der Waals surface area contributed by atoms with Crippen molar-refractivity contribution in [3.63, 3.8) is 0 Å². The summed E-state index contributed by atoms with van der Waals surface area (Å²) in [7, 11) is -3.15. The predicted molar refractivity (Wildman–Crippen MR) is 82.1 cm³/mol. The molecule has 22 heavy (non-hydrogen) atoms. The first-order valence-corrected chi connectivity index (χ1v) is 9.32. The molecule has 0 aliphatic carbocycles. The van der Waals surface area contributed by atoms with E-state index in [1.807, 2.05) is 12.1 Å². The Hall–Kier alpha value is -1.44. The quantitative estimate of drug-likeness (QED) is 0.844. The molecule has 0 spiro atoms. The highest BCUT2D eigenvalue weighted by Gasteiger charge is 2.20. The van der Waals surface area contributed by atoms with Crippen molar-refractivity contribution in [2.45, 2.75) is 25.3 Å². The standard InChI is InChI=1S/C14H16ClN3O3S/c1-22(19,20)9-13-16-14(21-17-13)8-18-6-5-11-10(7-18)3-2-4-12(11)15/h2-4H,5-9H2,1H3. The van der Waals surface area contributed by atoms with Gasteiger partial charge in [-0.1, -0.05) is 28.9 Å². The Kier molecular flexibility index (Phi) is 4.20. The number of benzene rings is 1. The van der Waals surface area contributed by atoms with Crippen LogP contribution in [0.5, 0.6) is 0 Å². The van der Waals surface area contributed by atoms with Crippen LogP contribution in [0.15, 0.2) is 22.7 Å². The molecule has 0 fully saturated rings. The van der Waals surface area contributed by atoms with Crippen LogP contribution in [0, 0.1) is 0 Å². The highest BCUT2D eigenvalue weighted by Crippen LogP contribution is 2.26. The number of halogens is 1. The number of hydrogen-bond acceptors (Lipinski definition) is 6. The summed E-state index contributed by atoms with van der Waals surface area (Å²) >= 11 is 6.20. The molecular weight excluding hydrogens is 326 g/mol. The number of hydrogen-bond donors (Lipinski definition) is 0. The van der Waals surface area contributed by atoms with E-state index in [4.69, 9.17) is 16.1 Å². The first-order valence-electron chi connectivity index (χ1n) is 6.88. The largest absolute Gasteiger partial charge is 0.338 e. The van der Waals surface area contributed by atoms with Crippen molar-refractivity contribution >= 4 is 21.4 Å². The highest BCUT2D eigenvalue weighted by molar-refractivity contribution is 7.89. The van der Waals surface area contributed by atoms with Gasteiger partial charge in [0.15, 0.2) is 15.7 Å². The molecule has 2 aromatic rings. The Morgan fingerprint density at radius 1 is 1.41 bits per heavy atom. The topological polar surface area (TPSA) is 76.3 Å². The molecule has 0 radical (unpaired) electrons. The van der Waals surface area contributed by atoms with E-state index >= 15 is 0 Å². The zero-order valence-electron chi connectivity index (χ0n) is 12.1. The maximum absolute atomic E-state index is 11.2. The second-order valence-electron chi connectivity index (χ2n) is 5.51. The molecule has 1 aliphatic heterocycles. The van der Waals surface area contributed by atoms with Gasteiger partial charge in [0.25, 0.3) is 0 Å². The summed E-state index contributed by atoms with van der Waals surface area (Å²) in [4.78, 5) is 6.32. The number of sulfone groups is 1. The van der Waals surface area contributed by atoms with Gasteiger partial charge in [0, 0.05) is 24.4 Å². The molecule has 0 N–H and O–H groups in total. The number of nitrogens with zero attached hydrogens (tertiary/aromatic N) is 3. The lowest BCUT2D eigenvalue weighted by molar-refractivity contribution is 0.210. The number of fused-ring (bicyclic) bond motifs is 1. The third kappa shape index (κ3) is 3.66. The zero-order chi connectivity index (χ0) is 15.7. The molecule has 1 aromatic heterocycles. The minimum Gasteiger partial charge on any atom is -0.338 e. The minimum atomic E-state index is -3.15. The minimum absolute atomic E-state index is 0.199. The summed E-state index contributed by atoms with van der Waals surface area (Å²) in [5.74, 6) is 0.441. The normalized spacial score (nSPS) is 15.7. The van der Waals surface area contributed by atoms with Crippen LogP contribution < -0.4 is 0 Å². The van der Waals surface area contributed by atoms with E-state index in [1.165, 1.54) is 11.1 Å². The van der Waals surface area contributed by atoms with Crippen LogP contribution >= 0.6 is 11.6 Å². The van der Waals surface area contributed by atoms with Gasteiger partial charge in [-0.15, -0.1) is 0 Å². The van der Waals surface area contributed by atoms with Crippen LogP contribution in [-0.4, -0.2) is 36.3 Å². The summed E-state index contributed by atoms with van der Waals surface area (Å²) in [6.07, 6.45) is 2.02. The van der Waals surface area contributed by atoms with Crippen molar-refractivity contribution in [2.75, 3.05) is 12.8 Å². The molecular formula is C14H16ClN3O3S. The van der Waals surface area contributed by atoms with E-state index in [-0.39, 0.29) is 11.6 Å². The van der Waals surface area contributed by atoms with Gasteiger partial charge >= 0.3 is 0 Å². The van der Waals surface area contributed by atoms with E-state index in [0.29, 0.717) is 12.4 Å². The first-order chi connectivity index (χ1) is 10.4. The molecule has 118 valence electrons. The van der Waals surface area contributed by atoms with Crippen LogP contribution in [-0.2, 0) is 35.1 Å². The first kappa shape index (κ1) is 15.5. The fourth-order valence-electron chi connectivity index (χ4n) is 2.60. The zero-order valence-corrected chi connectivity index (χ0v) is 13.7. The Labute approximate surface area is 134 Å². The summed E-state index contributed by atoms with van der Waals surface area (Å²) in [6.45, 7) is 2.11. The predicted octanol–water partition coefficient (Wildman–Crippen LogP) is 1.83. The Balaban J connectivity index is 1.68. The van der Waals surface area contributed by atoms with E-state index in [9.17, 15) is 8.42 Å². The van der Waals surface area contributed by atoms with Crippen molar-refractivity contribution in [3.05, 3.63) is 46.1 Å². The van der Waals surface area contributed by atoms with Gasteiger partial charge in [0.2, 0.25) is 5.89 Å². The smallest absolute Gasteiger partial charge is 0.240 e. The fourth-order valence-corrected chi connectivity index (χ4v) is 3.47. The number of aromatic nitrogens is 2. The Morgan fingerprint density at radius 3 is 3.00 bits per heavy atom. The molecule has 0 unspecified atom stereocenters. The lowest BCUT2D eigenvalue weighted by atomic mass is 10.00. The van der Waals surface area contributed by atoms with Gasteiger partial charge < -0.3 is 4.52 Å². The molecule has 8 heteroatoms. The molecule has 1 aliphatic rings. The lowest BCUT2D eigenvalue weighted by Gasteiger charge is -2.27. The molecule has 3 rings (SSSR count). The van der Waals surface area contributed by atoms with Crippen LogP contribution in [0.1, 0.15) is 22.8 Å². The Bertz CT molecular complexity index is 788. The second kappa shape index (κ2) is 5.98. The molecule has 0 saturated carbocycles. The lowest BCUT2D eigenvalue weighted by Crippen LogP contribution is -2.30. The van der Waals surface area contributed by atoms with Gasteiger partial charge in [0.1, 0.15) is 5.75 Å². The SMILES string of the molecule is CS(=O)(=O)Cc1noc(CN2CCc3c(Cl)cccc3C2)n1. The summed E-state index contributed by atoms with van der Waals surface area (Å²) in [5, 5.41) is 4.52. The molecule has 0 atom stereocenters. The van der Waals surface area contributed by atoms with E-state index in [1.54, 1.807) is 0 Å². The van der Waals surface area contributed by atoms with Gasteiger partial charge in [-0.05, 0) is 23.6 Å². The highest BCUT2D eigenvalue weighted by atomic mass is 35.5. The van der Waals surface area contributed by atoms with E-state index in [2.05, 4.69) is 21.1 Å². The van der Waals surface area contributed by atoms with Gasteiger partial charge in [-0.3, -0.25) is 4.90 Å². The van der Waals surface area contributed by atoms with Gasteiger partial charge in [0.05, 0.1) is 6.54 Å². The van der Waals surface area contributed by atoms with Crippen molar-refractivity contribution < 1.29 is 12.9 Å². The summed E-state index contributed by atoms with van der Waals surface area (Å²) in [6, 6.07) is 5.92. The molecule has 6 nitrogen and oxygen atoms in total. The average Bonchev–Trinajstić information content (AvgIpc) is 2.84. The fraction of sp³-hybridized carbons (Fsp3) is 0.429. The maximum Gasteiger partial charge on any atom is 0.240 e. The summed E-state index contributed by atoms with van der Waals surface area (Å²) < 4.78 is 27.6. The van der Waals surface area contributed by atoms with Crippen LogP contribution in [0.25, 0.3) is 0 Å². The third-order valence-electron chi connectivity index (χ3n) is 3.55. The van der Waals surface area contributed by atoms with Crippen molar-refractivity contribution in [3.8, 4) is 0 Å². The summed E-state index contributed by atoms with van der Waals surface area (Å²) in [5.41, 5.74) is 2.40. The third-order valence-corrected chi connectivity index (χ3v) is 4.68.